The quantitative estimate of drug-likeness (QED) is 0.552. The van der Waals surface area contributed by atoms with Gasteiger partial charge in [0.05, 0.1) is 22.9 Å². The third-order valence-corrected chi connectivity index (χ3v) is 5.64. The number of primary sulfonamides is 1. The van der Waals surface area contributed by atoms with Crippen LogP contribution in [0.25, 0.3) is 0 Å². The molecule has 1 amide bonds. The minimum Gasteiger partial charge on any atom is -0.457 e. The summed E-state index contributed by atoms with van der Waals surface area (Å²) < 4.78 is 28.8. The molecule has 0 fully saturated rings. The van der Waals surface area contributed by atoms with Crippen molar-refractivity contribution in [2.24, 2.45) is 5.14 Å². The van der Waals surface area contributed by atoms with Crippen molar-refractivity contribution in [3.05, 3.63) is 81.9 Å². The Kier molecular flexibility index (Phi) is 6.84. The van der Waals surface area contributed by atoms with Crippen molar-refractivity contribution in [3.8, 4) is 17.6 Å². The van der Waals surface area contributed by atoms with Crippen LogP contribution in [-0.4, -0.2) is 14.3 Å². The van der Waals surface area contributed by atoms with Gasteiger partial charge in [-0.05, 0) is 79.1 Å². The third kappa shape index (κ3) is 6.08. The van der Waals surface area contributed by atoms with Gasteiger partial charge in [0.25, 0.3) is 0 Å². The molecule has 0 atom stereocenters. The van der Waals surface area contributed by atoms with E-state index in [1.807, 2.05) is 25.1 Å². The topological polar surface area (TPSA) is 122 Å². The fourth-order valence-corrected chi connectivity index (χ4v) is 3.96. The van der Waals surface area contributed by atoms with E-state index in [1.54, 1.807) is 25.1 Å². The highest BCUT2D eigenvalue weighted by Gasteiger charge is 2.12. The number of sulfonamides is 1. The summed E-state index contributed by atoms with van der Waals surface area (Å²) in [6, 6.07) is 16.4. The maximum atomic E-state index is 12.6. The summed E-state index contributed by atoms with van der Waals surface area (Å²) in [5.74, 6) is 0.649. The van der Waals surface area contributed by atoms with Gasteiger partial charge in [-0.2, -0.15) is 5.26 Å². The van der Waals surface area contributed by atoms with Crippen LogP contribution in [0.1, 0.15) is 22.3 Å². The van der Waals surface area contributed by atoms with Crippen molar-refractivity contribution in [2.45, 2.75) is 25.2 Å². The molecule has 7 nitrogen and oxygen atoms in total. The number of carbonyl (C=O) groups excluding carboxylic acids is 1. The van der Waals surface area contributed by atoms with E-state index in [4.69, 9.17) is 26.7 Å². The van der Waals surface area contributed by atoms with Crippen LogP contribution in [0.5, 0.6) is 11.5 Å². The molecule has 0 bridgehead atoms. The van der Waals surface area contributed by atoms with E-state index in [0.29, 0.717) is 33.3 Å². The number of rotatable bonds is 6. The highest BCUT2D eigenvalue weighted by atomic mass is 35.5. The second-order valence-corrected chi connectivity index (χ2v) is 9.29. The summed E-state index contributed by atoms with van der Waals surface area (Å²) in [4.78, 5) is 12.6. The normalized spacial score (nSPS) is 11.0. The number of nitrogens with zero attached hydrogens (tertiary/aromatic N) is 1. The Morgan fingerprint density at radius 3 is 2.47 bits per heavy atom. The predicted octanol–water partition coefficient (Wildman–Crippen LogP) is 4.45. The first-order valence-corrected chi connectivity index (χ1v) is 11.4. The Morgan fingerprint density at radius 1 is 1.09 bits per heavy atom. The van der Waals surface area contributed by atoms with E-state index in [2.05, 4.69) is 5.32 Å². The summed E-state index contributed by atoms with van der Waals surface area (Å²) in [6.45, 7) is 3.56. The average molecular weight is 470 g/mol. The van der Waals surface area contributed by atoms with Crippen LogP contribution < -0.4 is 15.2 Å². The number of amides is 1. The van der Waals surface area contributed by atoms with E-state index in [9.17, 15) is 13.2 Å². The SMILES string of the molecule is Cc1cc(CC(=O)Nc2ccc(S(N)(=O)=O)cc2C)cc(Oc2cc(Cl)cc(C#N)c2)c1. The molecule has 9 heteroatoms. The highest BCUT2D eigenvalue weighted by molar-refractivity contribution is 7.89. The monoisotopic (exact) mass is 469 g/mol. The van der Waals surface area contributed by atoms with Gasteiger partial charge in [-0.1, -0.05) is 17.7 Å². The van der Waals surface area contributed by atoms with Crippen LogP contribution in [0, 0.1) is 25.2 Å². The highest BCUT2D eigenvalue weighted by Crippen LogP contribution is 2.28. The van der Waals surface area contributed by atoms with E-state index in [-0.39, 0.29) is 17.2 Å². The molecule has 0 spiro atoms. The zero-order valence-corrected chi connectivity index (χ0v) is 18.9. The summed E-state index contributed by atoms with van der Waals surface area (Å²) in [7, 11) is -3.81. The Balaban J connectivity index is 1.76. The lowest BCUT2D eigenvalue weighted by atomic mass is 10.1. The molecule has 0 radical (unpaired) electrons. The van der Waals surface area contributed by atoms with Crippen molar-refractivity contribution in [3.63, 3.8) is 0 Å². The van der Waals surface area contributed by atoms with Gasteiger partial charge in [0.2, 0.25) is 15.9 Å². The first-order valence-electron chi connectivity index (χ1n) is 9.46. The lowest BCUT2D eigenvalue weighted by molar-refractivity contribution is -0.115. The van der Waals surface area contributed by atoms with Crippen LogP contribution in [0.15, 0.2) is 59.5 Å². The van der Waals surface area contributed by atoms with Gasteiger partial charge in [-0.3, -0.25) is 4.79 Å². The molecule has 0 heterocycles. The summed E-state index contributed by atoms with van der Waals surface area (Å²) in [5.41, 5.74) is 3.06. The number of halogens is 1. The third-order valence-electron chi connectivity index (χ3n) is 4.51. The fraction of sp³-hybridized carbons (Fsp3) is 0.130. The van der Waals surface area contributed by atoms with Crippen molar-refractivity contribution >= 4 is 33.2 Å². The van der Waals surface area contributed by atoms with Crippen molar-refractivity contribution in [1.29, 1.82) is 5.26 Å². The van der Waals surface area contributed by atoms with E-state index in [1.165, 1.54) is 24.3 Å². The number of nitrogens with two attached hydrogens (primary N) is 1. The molecule has 164 valence electrons. The number of hydrogen-bond acceptors (Lipinski definition) is 5. The largest absolute Gasteiger partial charge is 0.457 e. The summed E-state index contributed by atoms with van der Waals surface area (Å²) in [6.07, 6.45) is 0.0768. The molecular weight excluding hydrogens is 450 g/mol. The number of aryl methyl sites for hydroxylation is 2. The average Bonchev–Trinajstić information content (AvgIpc) is 2.67. The molecule has 3 N–H and O–H groups in total. The van der Waals surface area contributed by atoms with Gasteiger partial charge < -0.3 is 10.1 Å². The second-order valence-electron chi connectivity index (χ2n) is 7.29. The van der Waals surface area contributed by atoms with Crippen molar-refractivity contribution in [1.82, 2.24) is 0 Å². The van der Waals surface area contributed by atoms with Crippen LogP contribution in [0.3, 0.4) is 0 Å². The minimum atomic E-state index is -3.81. The number of nitrogens with one attached hydrogen (secondary N) is 1. The Labute approximate surface area is 191 Å². The van der Waals surface area contributed by atoms with Gasteiger partial charge in [-0.15, -0.1) is 0 Å². The van der Waals surface area contributed by atoms with E-state index >= 15 is 0 Å². The molecule has 0 aliphatic heterocycles. The first-order chi connectivity index (χ1) is 15.0. The maximum absolute atomic E-state index is 12.6. The van der Waals surface area contributed by atoms with E-state index < -0.39 is 10.0 Å². The molecule has 3 aromatic carbocycles. The van der Waals surface area contributed by atoms with Gasteiger partial charge in [-0.25, -0.2) is 13.6 Å². The number of carbonyl (C=O) groups is 1. The Hall–Kier alpha value is -3.38. The van der Waals surface area contributed by atoms with Crippen LogP contribution in [-0.2, 0) is 21.2 Å². The van der Waals surface area contributed by atoms with Crippen LogP contribution in [0.2, 0.25) is 5.02 Å². The van der Waals surface area contributed by atoms with Crippen molar-refractivity contribution < 1.29 is 17.9 Å². The molecule has 0 aromatic heterocycles. The van der Waals surface area contributed by atoms with Gasteiger partial charge in [0.1, 0.15) is 11.5 Å². The summed E-state index contributed by atoms with van der Waals surface area (Å²) in [5, 5.41) is 17.4. The lowest BCUT2D eigenvalue weighted by Crippen LogP contribution is -2.16. The van der Waals surface area contributed by atoms with Crippen molar-refractivity contribution in [2.75, 3.05) is 5.32 Å². The predicted molar refractivity (Wildman–Crippen MR) is 122 cm³/mol. The fourth-order valence-electron chi connectivity index (χ4n) is 3.14. The lowest BCUT2D eigenvalue weighted by Gasteiger charge is -2.12. The first kappa shape index (κ1) is 23.3. The number of hydrogen-bond donors (Lipinski definition) is 2. The number of nitriles is 1. The van der Waals surface area contributed by atoms with Gasteiger partial charge in [0, 0.05) is 10.7 Å². The molecule has 0 saturated carbocycles. The molecule has 3 aromatic rings. The Morgan fingerprint density at radius 2 is 1.81 bits per heavy atom. The molecule has 0 aliphatic carbocycles. The smallest absolute Gasteiger partial charge is 0.238 e. The molecule has 32 heavy (non-hydrogen) atoms. The van der Waals surface area contributed by atoms with Gasteiger partial charge >= 0.3 is 0 Å². The Bertz CT molecular complexity index is 1350. The van der Waals surface area contributed by atoms with Crippen LogP contribution in [0.4, 0.5) is 5.69 Å². The van der Waals surface area contributed by atoms with Crippen LogP contribution >= 0.6 is 11.6 Å². The van der Waals surface area contributed by atoms with E-state index in [0.717, 1.165) is 11.1 Å². The molecule has 0 unspecified atom stereocenters. The number of anilines is 1. The zero-order chi connectivity index (χ0) is 23.5. The number of benzene rings is 3. The summed E-state index contributed by atoms with van der Waals surface area (Å²) >= 11 is 6.03. The molecule has 0 aliphatic rings. The number of ether oxygens (including phenoxy) is 1. The molecule has 3 rings (SSSR count). The second kappa shape index (κ2) is 9.40. The molecular formula is C23H20ClN3O4S. The van der Waals surface area contributed by atoms with Gasteiger partial charge in [0.15, 0.2) is 0 Å². The standard InChI is InChI=1S/C23H20ClN3O4S/c1-14-5-16(9-19(6-14)31-20-10-17(13-25)8-18(24)12-20)11-23(28)27-22-4-3-21(7-15(22)2)32(26,29)30/h3-10,12H,11H2,1-2H3,(H,27,28)(H2,26,29,30). The molecule has 0 saturated heterocycles. The zero-order valence-electron chi connectivity index (χ0n) is 17.3. The minimum absolute atomic E-state index is 0.0194. The maximum Gasteiger partial charge on any atom is 0.238 e.